The molecule has 2 unspecified atom stereocenters. The highest BCUT2D eigenvalue weighted by Gasteiger charge is 2.22. The number of hydrogen-bond donors (Lipinski definition) is 3. The number of nitrogens with one attached hydrogen (secondary N) is 2. The van der Waals surface area contributed by atoms with Crippen LogP contribution < -0.4 is 10.6 Å². The summed E-state index contributed by atoms with van der Waals surface area (Å²) in [4.78, 5) is 19.1. The molecule has 2 heterocycles. The minimum Gasteiger partial charge on any atom is -0.393 e. The van der Waals surface area contributed by atoms with Crippen LogP contribution in [-0.2, 0) is 0 Å². The van der Waals surface area contributed by atoms with Crippen LogP contribution in [0.25, 0.3) is 0 Å². The van der Waals surface area contributed by atoms with E-state index < -0.39 is 4.92 Å². The number of hydrogen-bond acceptors (Lipinski definition) is 8. The van der Waals surface area contributed by atoms with E-state index in [-0.39, 0.29) is 23.7 Å². The zero-order chi connectivity index (χ0) is 18.5. The van der Waals surface area contributed by atoms with Gasteiger partial charge in [-0.1, -0.05) is 0 Å². The van der Waals surface area contributed by atoms with Gasteiger partial charge < -0.3 is 15.7 Å². The van der Waals surface area contributed by atoms with Gasteiger partial charge in [-0.2, -0.15) is 5.26 Å². The van der Waals surface area contributed by atoms with E-state index in [4.69, 9.17) is 5.26 Å². The number of aromatic nitrogens is 2. The highest BCUT2D eigenvalue weighted by Crippen LogP contribution is 2.28. The van der Waals surface area contributed by atoms with Crippen molar-refractivity contribution < 1.29 is 10.0 Å². The smallest absolute Gasteiger partial charge is 0.311 e. The lowest BCUT2D eigenvalue weighted by Gasteiger charge is -2.27. The summed E-state index contributed by atoms with van der Waals surface area (Å²) in [5, 5.41) is 35.9. The summed E-state index contributed by atoms with van der Waals surface area (Å²) in [6, 6.07) is 8.09. The molecule has 0 aliphatic heterocycles. The van der Waals surface area contributed by atoms with Crippen molar-refractivity contribution in [3.05, 3.63) is 46.1 Å². The molecule has 2 aromatic rings. The van der Waals surface area contributed by atoms with Crippen molar-refractivity contribution in [3.63, 3.8) is 0 Å². The van der Waals surface area contributed by atoms with Crippen LogP contribution >= 0.6 is 0 Å². The Balaban J connectivity index is 1.81. The molecule has 1 aliphatic carbocycles. The third kappa shape index (κ3) is 4.23. The lowest BCUT2D eigenvalue weighted by atomic mass is 9.93. The van der Waals surface area contributed by atoms with Gasteiger partial charge in [-0.3, -0.25) is 10.1 Å². The number of anilines is 3. The van der Waals surface area contributed by atoms with Crippen molar-refractivity contribution in [1.29, 1.82) is 5.26 Å². The third-order valence-electron chi connectivity index (χ3n) is 4.21. The second kappa shape index (κ2) is 7.76. The second-order valence-corrected chi connectivity index (χ2v) is 6.15. The fourth-order valence-corrected chi connectivity index (χ4v) is 2.93. The summed E-state index contributed by atoms with van der Waals surface area (Å²) in [6.07, 6.45) is 4.29. The summed E-state index contributed by atoms with van der Waals surface area (Å²) in [5.74, 6) is 0.907. The monoisotopic (exact) mass is 354 g/mol. The summed E-state index contributed by atoms with van der Waals surface area (Å²) in [5.41, 5.74) is 0.217. The van der Waals surface area contributed by atoms with Gasteiger partial charge in [-0.15, -0.1) is 0 Å². The fourth-order valence-electron chi connectivity index (χ4n) is 2.93. The zero-order valence-electron chi connectivity index (χ0n) is 13.9. The van der Waals surface area contributed by atoms with Crippen molar-refractivity contribution >= 4 is 23.1 Å². The molecule has 0 spiro atoms. The average molecular weight is 354 g/mol. The van der Waals surface area contributed by atoms with Crippen LogP contribution in [0.2, 0.25) is 0 Å². The number of aliphatic hydroxyl groups excluding tert-OH is 1. The first-order valence-electron chi connectivity index (χ1n) is 8.28. The van der Waals surface area contributed by atoms with Gasteiger partial charge >= 0.3 is 5.69 Å². The molecule has 134 valence electrons. The molecule has 9 nitrogen and oxygen atoms in total. The Kier molecular flexibility index (Phi) is 5.24. The topological polar surface area (TPSA) is 137 Å². The van der Waals surface area contributed by atoms with Gasteiger partial charge in [0.2, 0.25) is 5.82 Å². The van der Waals surface area contributed by atoms with Gasteiger partial charge in [-0.25, -0.2) is 9.97 Å². The zero-order valence-corrected chi connectivity index (χ0v) is 13.9. The molecule has 1 aliphatic rings. The maximum Gasteiger partial charge on any atom is 0.311 e. The normalized spacial score (nSPS) is 19.4. The first-order chi connectivity index (χ1) is 12.5. The number of nitrogens with zero attached hydrogens (tertiary/aromatic N) is 4. The number of pyridine rings is 2. The van der Waals surface area contributed by atoms with Crippen molar-refractivity contribution in [1.82, 2.24) is 9.97 Å². The molecule has 0 amide bonds. The van der Waals surface area contributed by atoms with Gasteiger partial charge in [0.05, 0.1) is 16.6 Å². The second-order valence-electron chi connectivity index (χ2n) is 6.15. The maximum atomic E-state index is 11.3. The number of rotatable bonds is 5. The van der Waals surface area contributed by atoms with Crippen LogP contribution in [0.15, 0.2) is 30.5 Å². The lowest BCUT2D eigenvalue weighted by Crippen LogP contribution is -2.30. The molecular formula is C17H18N6O3. The Morgan fingerprint density at radius 2 is 2.08 bits per heavy atom. The molecule has 1 fully saturated rings. The van der Waals surface area contributed by atoms with E-state index in [2.05, 4.69) is 20.6 Å². The molecule has 26 heavy (non-hydrogen) atoms. The predicted molar refractivity (Wildman–Crippen MR) is 95.0 cm³/mol. The van der Waals surface area contributed by atoms with Crippen LogP contribution in [0, 0.1) is 21.4 Å². The first-order valence-corrected chi connectivity index (χ1v) is 8.28. The van der Waals surface area contributed by atoms with Crippen LogP contribution in [0.4, 0.5) is 23.1 Å². The van der Waals surface area contributed by atoms with E-state index in [1.807, 2.05) is 6.07 Å². The number of nitro groups is 1. The summed E-state index contributed by atoms with van der Waals surface area (Å²) >= 11 is 0. The first kappa shape index (κ1) is 17.6. The predicted octanol–water partition coefficient (Wildman–Crippen LogP) is 2.72. The lowest BCUT2D eigenvalue weighted by molar-refractivity contribution is -0.384. The molecule has 3 N–H and O–H groups in total. The largest absolute Gasteiger partial charge is 0.393 e. The van der Waals surface area contributed by atoms with E-state index in [1.165, 1.54) is 12.3 Å². The van der Waals surface area contributed by atoms with Gasteiger partial charge in [0.25, 0.3) is 0 Å². The van der Waals surface area contributed by atoms with E-state index in [9.17, 15) is 15.2 Å². The Morgan fingerprint density at radius 1 is 1.27 bits per heavy atom. The molecule has 0 aromatic carbocycles. The Hall–Kier alpha value is -3.25. The van der Waals surface area contributed by atoms with Gasteiger partial charge in [0, 0.05) is 18.3 Å². The van der Waals surface area contributed by atoms with E-state index in [0.29, 0.717) is 23.6 Å². The highest BCUT2D eigenvalue weighted by atomic mass is 16.6. The van der Waals surface area contributed by atoms with Gasteiger partial charge in [0.1, 0.15) is 17.7 Å². The van der Waals surface area contributed by atoms with Gasteiger partial charge in [-0.05, 0) is 43.9 Å². The van der Waals surface area contributed by atoms with Gasteiger partial charge in [0.15, 0.2) is 0 Å². The fraction of sp³-hybridized carbons (Fsp3) is 0.353. The molecule has 3 rings (SSSR count). The Labute approximate surface area is 149 Å². The number of aliphatic hydroxyl groups is 1. The molecule has 9 heteroatoms. The summed E-state index contributed by atoms with van der Waals surface area (Å²) in [6.45, 7) is 0. The summed E-state index contributed by atoms with van der Waals surface area (Å²) < 4.78 is 0. The Bertz CT molecular complexity index is 833. The van der Waals surface area contributed by atoms with Crippen molar-refractivity contribution in [2.24, 2.45) is 0 Å². The SMILES string of the molecule is N#Cc1ccc(Nc2nc(NC3CCCC(O)C3)ccc2[N+](=O)[O-])nc1. The molecule has 2 aromatic heterocycles. The third-order valence-corrected chi connectivity index (χ3v) is 4.21. The Morgan fingerprint density at radius 3 is 2.73 bits per heavy atom. The molecule has 0 bridgehead atoms. The van der Waals surface area contributed by atoms with Crippen molar-refractivity contribution in [2.75, 3.05) is 10.6 Å². The molecule has 0 saturated heterocycles. The van der Waals surface area contributed by atoms with Crippen molar-refractivity contribution in [3.8, 4) is 6.07 Å². The maximum absolute atomic E-state index is 11.3. The van der Waals surface area contributed by atoms with Crippen LogP contribution in [-0.4, -0.2) is 32.1 Å². The van der Waals surface area contributed by atoms with Crippen LogP contribution in [0.1, 0.15) is 31.2 Å². The van der Waals surface area contributed by atoms with E-state index in [1.54, 1.807) is 18.2 Å². The number of nitriles is 1. The standard InChI is InChI=1S/C17H18N6O3/c18-9-11-4-6-15(19-10-11)21-17-14(23(25)26)5-7-16(22-17)20-12-2-1-3-13(24)8-12/h4-7,10,12-13,24H,1-3,8H2,(H2,19,20,21,22). The summed E-state index contributed by atoms with van der Waals surface area (Å²) in [7, 11) is 0. The molecule has 1 saturated carbocycles. The molecule has 0 radical (unpaired) electrons. The minimum atomic E-state index is -0.521. The van der Waals surface area contributed by atoms with Crippen LogP contribution in [0.5, 0.6) is 0 Å². The van der Waals surface area contributed by atoms with E-state index in [0.717, 1.165) is 19.3 Å². The van der Waals surface area contributed by atoms with Crippen LogP contribution in [0.3, 0.4) is 0 Å². The average Bonchev–Trinajstić information content (AvgIpc) is 2.62. The van der Waals surface area contributed by atoms with Crippen molar-refractivity contribution in [2.45, 2.75) is 37.8 Å². The van der Waals surface area contributed by atoms with E-state index >= 15 is 0 Å². The minimum absolute atomic E-state index is 0.0635. The highest BCUT2D eigenvalue weighted by molar-refractivity contribution is 5.66. The quantitative estimate of drug-likeness (QED) is 0.550. The molecule has 2 atom stereocenters. The molecular weight excluding hydrogens is 336 g/mol.